The number of hydrogen-bond donors (Lipinski definition) is 1. The average molecular weight is 418 g/mol. The normalized spacial score (nSPS) is 15.1. The highest BCUT2D eigenvalue weighted by atomic mass is 16.5. The maximum Gasteiger partial charge on any atom is 0.257 e. The molecule has 0 unspecified atom stereocenters. The summed E-state index contributed by atoms with van der Waals surface area (Å²) in [6.45, 7) is 0.561. The van der Waals surface area contributed by atoms with Gasteiger partial charge >= 0.3 is 0 Å². The second kappa shape index (κ2) is 9.00. The third-order valence-electron chi connectivity index (χ3n) is 5.51. The topological polar surface area (TPSA) is 60.0 Å². The Hall–Kier alpha value is -3.67. The van der Waals surface area contributed by atoms with Crippen molar-refractivity contribution in [3.8, 4) is 17.2 Å². The van der Waals surface area contributed by atoms with Crippen molar-refractivity contribution < 1.29 is 19.0 Å². The summed E-state index contributed by atoms with van der Waals surface area (Å²) in [7, 11) is 4.75. The molecule has 160 valence electrons. The molecule has 0 aromatic heterocycles. The number of ether oxygens (including phenoxy) is 3. The van der Waals surface area contributed by atoms with Crippen LogP contribution in [0.5, 0.6) is 17.2 Å². The number of hydrogen-bond acceptors (Lipinski definition) is 5. The molecule has 3 aromatic carbocycles. The van der Waals surface area contributed by atoms with Crippen molar-refractivity contribution in [3.63, 3.8) is 0 Å². The van der Waals surface area contributed by atoms with Crippen LogP contribution < -0.4 is 19.5 Å². The standard InChI is InChI=1S/C25H26N2O4/c1-29-21-15-18(16-22(30-2)23(21)31-3)24-26-20-12-8-7-11-19(20)25(28)27(24)14-13-17-9-5-4-6-10-17/h4-12,15-16,24,26H,13-14H2,1-3H3/t24-/m1/s1. The van der Waals surface area contributed by atoms with Gasteiger partial charge in [-0.1, -0.05) is 42.5 Å². The lowest BCUT2D eigenvalue weighted by molar-refractivity contribution is 0.0685. The van der Waals surface area contributed by atoms with Crippen molar-refractivity contribution >= 4 is 11.6 Å². The van der Waals surface area contributed by atoms with E-state index in [4.69, 9.17) is 14.2 Å². The summed E-state index contributed by atoms with van der Waals surface area (Å²) in [4.78, 5) is 15.3. The fraction of sp³-hybridized carbons (Fsp3) is 0.240. The van der Waals surface area contributed by atoms with Gasteiger partial charge in [0.2, 0.25) is 5.75 Å². The van der Waals surface area contributed by atoms with Crippen molar-refractivity contribution in [1.82, 2.24) is 4.90 Å². The second-order valence-corrected chi connectivity index (χ2v) is 7.29. The van der Waals surface area contributed by atoms with Crippen molar-refractivity contribution in [2.24, 2.45) is 0 Å². The first-order chi connectivity index (χ1) is 15.2. The summed E-state index contributed by atoms with van der Waals surface area (Å²) in [5.41, 5.74) is 3.50. The fourth-order valence-electron chi connectivity index (χ4n) is 3.94. The zero-order valence-corrected chi connectivity index (χ0v) is 17.9. The molecule has 1 N–H and O–H groups in total. The third kappa shape index (κ3) is 4.01. The Morgan fingerprint density at radius 1 is 0.871 bits per heavy atom. The number of anilines is 1. The summed E-state index contributed by atoms with van der Waals surface area (Å²) in [6.07, 6.45) is 0.372. The Labute approximate surface area is 182 Å². The van der Waals surface area contributed by atoms with Crippen molar-refractivity contribution in [2.45, 2.75) is 12.6 Å². The Morgan fingerprint density at radius 2 is 1.52 bits per heavy atom. The number of methoxy groups -OCH3 is 3. The molecular formula is C25H26N2O4. The van der Waals surface area contributed by atoms with Crippen LogP contribution in [0.3, 0.4) is 0 Å². The number of fused-ring (bicyclic) bond motifs is 1. The van der Waals surface area contributed by atoms with Crippen molar-refractivity contribution in [3.05, 3.63) is 83.4 Å². The van der Waals surface area contributed by atoms with Gasteiger partial charge in [-0.25, -0.2) is 0 Å². The number of carbonyl (C=O) groups is 1. The molecule has 0 spiro atoms. The summed E-state index contributed by atoms with van der Waals surface area (Å²) in [5.74, 6) is 1.61. The number of nitrogens with zero attached hydrogens (tertiary/aromatic N) is 1. The summed E-state index contributed by atoms with van der Waals surface area (Å²) in [5, 5.41) is 3.52. The minimum atomic E-state index is -0.375. The molecule has 0 radical (unpaired) electrons. The van der Waals surface area contributed by atoms with Gasteiger partial charge in [-0.2, -0.15) is 0 Å². The minimum absolute atomic E-state index is 0.0102. The van der Waals surface area contributed by atoms with Crippen LogP contribution in [0.15, 0.2) is 66.7 Å². The van der Waals surface area contributed by atoms with Crippen LogP contribution in [-0.4, -0.2) is 38.7 Å². The quantitative estimate of drug-likeness (QED) is 0.611. The number of para-hydroxylation sites is 1. The van der Waals surface area contributed by atoms with Gasteiger partial charge < -0.3 is 24.4 Å². The lowest BCUT2D eigenvalue weighted by Crippen LogP contribution is -2.44. The number of carbonyl (C=O) groups excluding carboxylic acids is 1. The van der Waals surface area contributed by atoms with E-state index in [2.05, 4.69) is 17.4 Å². The van der Waals surface area contributed by atoms with E-state index >= 15 is 0 Å². The summed E-state index contributed by atoms with van der Waals surface area (Å²) in [6, 6.07) is 21.5. The Morgan fingerprint density at radius 3 is 2.16 bits per heavy atom. The number of nitrogens with one attached hydrogen (secondary N) is 1. The van der Waals surface area contributed by atoms with Crippen LogP contribution in [0.4, 0.5) is 5.69 Å². The van der Waals surface area contributed by atoms with Gasteiger partial charge in [0.25, 0.3) is 5.91 Å². The Balaban J connectivity index is 1.75. The van der Waals surface area contributed by atoms with Crippen LogP contribution in [-0.2, 0) is 6.42 Å². The highest BCUT2D eigenvalue weighted by Crippen LogP contribution is 2.42. The third-order valence-corrected chi connectivity index (χ3v) is 5.51. The molecule has 6 nitrogen and oxygen atoms in total. The van der Waals surface area contributed by atoms with E-state index in [0.29, 0.717) is 29.4 Å². The zero-order chi connectivity index (χ0) is 21.8. The fourth-order valence-corrected chi connectivity index (χ4v) is 3.94. The molecule has 0 fully saturated rings. The smallest absolute Gasteiger partial charge is 0.257 e. The van der Waals surface area contributed by atoms with Crippen LogP contribution in [0.2, 0.25) is 0 Å². The lowest BCUT2D eigenvalue weighted by atomic mass is 10.0. The van der Waals surface area contributed by atoms with Crippen LogP contribution in [0.1, 0.15) is 27.7 Å². The Bertz CT molecular complexity index is 1040. The first kappa shape index (κ1) is 20.6. The van der Waals surface area contributed by atoms with Crippen LogP contribution in [0.25, 0.3) is 0 Å². The highest BCUT2D eigenvalue weighted by molar-refractivity contribution is 6.01. The molecule has 0 bridgehead atoms. The average Bonchev–Trinajstić information content (AvgIpc) is 2.83. The van der Waals surface area contributed by atoms with E-state index in [9.17, 15) is 4.79 Å². The predicted molar refractivity (Wildman–Crippen MR) is 120 cm³/mol. The first-order valence-corrected chi connectivity index (χ1v) is 10.2. The maximum absolute atomic E-state index is 13.5. The van der Waals surface area contributed by atoms with E-state index in [1.54, 1.807) is 21.3 Å². The molecule has 0 saturated heterocycles. The molecule has 6 heteroatoms. The largest absolute Gasteiger partial charge is 0.493 e. The molecule has 31 heavy (non-hydrogen) atoms. The van der Waals surface area contributed by atoms with Crippen LogP contribution >= 0.6 is 0 Å². The van der Waals surface area contributed by atoms with Gasteiger partial charge in [0.15, 0.2) is 11.5 Å². The molecule has 1 atom stereocenters. The second-order valence-electron chi connectivity index (χ2n) is 7.29. The van der Waals surface area contributed by atoms with Gasteiger partial charge in [-0.15, -0.1) is 0 Å². The molecule has 3 aromatic rings. The van der Waals surface area contributed by atoms with Gasteiger partial charge in [-0.3, -0.25) is 4.79 Å². The van der Waals surface area contributed by atoms with Gasteiger partial charge in [0, 0.05) is 17.8 Å². The van der Waals surface area contributed by atoms with Gasteiger partial charge in [0.1, 0.15) is 6.17 Å². The molecular weight excluding hydrogens is 392 g/mol. The molecule has 1 heterocycles. The number of amides is 1. The van der Waals surface area contributed by atoms with E-state index in [1.165, 1.54) is 5.56 Å². The monoisotopic (exact) mass is 418 g/mol. The van der Waals surface area contributed by atoms with E-state index in [0.717, 1.165) is 17.7 Å². The van der Waals surface area contributed by atoms with Gasteiger partial charge in [0.05, 0.1) is 26.9 Å². The van der Waals surface area contributed by atoms with E-state index in [-0.39, 0.29) is 12.1 Å². The first-order valence-electron chi connectivity index (χ1n) is 10.2. The van der Waals surface area contributed by atoms with Crippen LogP contribution in [0, 0.1) is 0 Å². The minimum Gasteiger partial charge on any atom is -0.493 e. The van der Waals surface area contributed by atoms with Crippen molar-refractivity contribution in [1.29, 1.82) is 0 Å². The molecule has 0 aliphatic carbocycles. The molecule has 1 aliphatic heterocycles. The van der Waals surface area contributed by atoms with E-state index < -0.39 is 0 Å². The summed E-state index contributed by atoms with van der Waals surface area (Å²) < 4.78 is 16.5. The Kier molecular flexibility index (Phi) is 5.98. The SMILES string of the molecule is COc1cc([C@@H]2Nc3ccccc3C(=O)N2CCc2ccccc2)cc(OC)c1OC. The number of rotatable bonds is 7. The molecule has 0 saturated carbocycles. The molecule has 4 rings (SSSR count). The number of benzene rings is 3. The summed E-state index contributed by atoms with van der Waals surface area (Å²) >= 11 is 0. The van der Waals surface area contributed by atoms with Crippen molar-refractivity contribution in [2.75, 3.05) is 33.2 Å². The lowest BCUT2D eigenvalue weighted by Gasteiger charge is -2.38. The highest BCUT2D eigenvalue weighted by Gasteiger charge is 2.33. The zero-order valence-electron chi connectivity index (χ0n) is 17.9. The maximum atomic E-state index is 13.5. The molecule has 1 aliphatic rings. The predicted octanol–water partition coefficient (Wildman–Crippen LogP) is 4.52. The molecule has 1 amide bonds. The van der Waals surface area contributed by atoms with E-state index in [1.807, 2.05) is 59.5 Å². The van der Waals surface area contributed by atoms with Gasteiger partial charge in [-0.05, 0) is 36.2 Å².